The van der Waals surface area contributed by atoms with E-state index in [9.17, 15) is 9.59 Å². The summed E-state index contributed by atoms with van der Waals surface area (Å²) in [6.45, 7) is 1.96. The van der Waals surface area contributed by atoms with Gasteiger partial charge in [-0.3, -0.25) is 21.0 Å². The van der Waals surface area contributed by atoms with Crippen molar-refractivity contribution in [2.75, 3.05) is 17.2 Å². The zero-order valence-corrected chi connectivity index (χ0v) is 15.4. The molecule has 0 atom stereocenters. The maximum Gasteiger partial charge on any atom is 0.411 e. The van der Waals surface area contributed by atoms with E-state index in [4.69, 9.17) is 28.6 Å². The van der Waals surface area contributed by atoms with E-state index in [1.807, 2.05) is 0 Å². The second-order valence-corrected chi connectivity index (χ2v) is 5.81. The van der Waals surface area contributed by atoms with E-state index in [1.54, 1.807) is 49.4 Å². The molecule has 0 spiro atoms. The topological polar surface area (TPSA) is 91.5 Å². The number of benzene rings is 2. The molecule has 0 aliphatic carbocycles. The minimum absolute atomic E-state index is 0.196. The quantitative estimate of drug-likeness (QED) is 0.470. The third-order valence-electron chi connectivity index (χ3n) is 3.02. The van der Waals surface area contributed by atoms with Gasteiger partial charge >= 0.3 is 6.09 Å². The van der Waals surface area contributed by atoms with Crippen molar-refractivity contribution in [1.82, 2.24) is 10.9 Å². The fourth-order valence-corrected chi connectivity index (χ4v) is 2.30. The van der Waals surface area contributed by atoms with Crippen LogP contribution in [0.15, 0.2) is 48.5 Å². The number of anilines is 2. The molecule has 0 heterocycles. The van der Waals surface area contributed by atoms with Gasteiger partial charge in [0.05, 0.1) is 6.61 Å². The lowest BCUT2D eigenvalue weighted by atomic mass is 10.2. The highest BCUT2D eigenvalue weighted by Gasteiger charge is 2.08. The predicted octanol–water partition coefficient (Wildman–Crippen LogP) is 3.54. The highest BCUT2D eigenvalue weighted by Crippen LogP contribution is 2.14. The average Bonchev–Trinajstić information content (AvgIpc) is 2.60. The van der Waals surface area contributed by atoms with Crippen LogP contribution >= 0.6 is 23.8 Å². The summed E-state index contributed by atoms with van der Waals surface area (Å²) in [4.78, 5) is 23.6. The number of carbonyl (C=O) groups excluding carboxylic acids is 2. The molecule has 136 valence electrons. The Hall–Kier alpha value is -2.84. The first-order valence-electron chi connectivity index (χ1n) is 7.64. The van der Waals surface area contributed by atoms with Crippen LogP contribution in [0.1, 0.15) is 17.3 Å². The largest absolute Gasteiger partial charge is 0.450 e. The van der Waals surface area contributed by atoms with Gasteiger partial charge in [-0.05, 0) is 55.5 Å². The average molecular weight is 393 g/mol. The summed E-state index contributed by atoms with van der Waals surface area (Å²) < 4.78 is 4.79. The number of halogens is 1. The third-order valence-corrected chi connectivity index (χ3v) is 3.46. The number of hydrazine groups is 1. The number of amides is 2. The lowest BCUT2D eigenvalue weighted by Crippen LogP contribution is -2.43. The van der Waals surface area contributed by atoms with Crippen LogP contribution < -0.4 is 21.5 Å². The minimum atomic E-state index is -0.588. The molecule has 0 fully saturated rings. The Balaban J connectivity index is 1.89. The number of carbonyl (C=O) groups is 2. The van der Waals surface area contributed by atoms with Crippen LogP contribution in [-0.2, 0) is 4.74 Å². The molecule has 9 heteroatoms. The second-order valence-electron chi connectivity index (χ2n) is 4.97. The highest BCUT2D eigenvalue weighted by molar-refractivity contribution is 7.80. The van der Waals surface area contributed by atoms with Crippen molar-refractivity contribution in [3.05, 3.63) is 59.1 Å². The van der Waals surface area contributed by atoms with Gasteiger partial charge in [-0.15, -0.1) is 0 Å². The molecule has 2 aromatic rings. The van der Waals surface area contributed by atoms with E-state index < -0.39 is 12.0 Å². The van der Waals surface area contributed by atoms with Crippen LogP contribution in [0.5, 0.6) is 0 Å². The van der Waals surface area contributed by atoms with Crippen molar-refractivity contribution in [3.63, 3.8) is 0 Å². The molecule has 0 bridgehead atoms. The summed E-state index contributed by atoms with van der Waals surface area (Å²) in [7, 11) is 0. The first-order valence-corrected chi connectivity index (χ1v) is 8.43. The molecule has 0 aliphatic rings. The SMILES string of the molecule is CCOC(=O)Nc1cccc(C(=O)NNC(=S)Nc2cccc(Cl)c2)c1. The van der Waals surface area contributed by atoms with Gasteiger partial charge in [0, 0.05) is 22.0 Å². The van der Waals surface area contributed by atoms with Crippen molar-refractivity contribution < 1.29 is 14.3 Å². The standard InChI is InChI=1S/C17H17ClN4O3S/c1-2-25-17(24)20-13-7-3-5-11(9-13)15(23)21-22-16(26)19-14-8-4-6-12(18)10-14/h3-10H,2H2,1H3,(H,20,24)(H,21,23)(H2,19,22,26). The van der Waals surface area contributed by atoms with Gasteiger partial charge in [-0.1, -0.05) is 23.7 Å². The maximum absolute atomic E-state index is 12.2. The van der Waals surface area contributed by atoms with Gasteiger partial charge in [-0.2, -0.15) is 0 Å². The molecule has 2 rings (SSSR count). The summed E-state index contributed by atoms with van der Waals surface area (Å²) in [6, 6.07) is 13.4. The number of ether oxygens (including phenoxy) is 1. The van der Waals surface area contributed by atoms with Crippen molar-refractivity contribution >= 4 is 52.3 Å². The maximum atomic E-state index is 12.2. The minimum Gasteiger partial charge on any atom is -0.450 e. The van der Waals surface area contributed by atoms with Crippen LogP contribution in [0.2, 0.25) is 5.02 Å². The third kappa shape index (κ3) is 6.23. The molecule has 0 unspecified atom stereocenters. The summed E-state index contributed by atoms with van der Waals surface area (Å²) in [6.07, 6.45) is -0.588. The van der Waals surface area contributed by atoms with Crippen LogP contribution in [0.25, 0.3) is 0 Å². The highest BCUT2D eigenvalue weighted by atomic mass is 35.5. The van der Waals surface area contributed by atoms with Crippen molar-refractivity contribution in [1.29, 1.82) is 0 Å². The zero-order valence-electron chi connectivity index (χ0n) is 13.8. The van der Waals surface area contributed by atoms with Gasteiger partial charge in [0.25, 0.3) is 5.91 Å². The molecule has 0 aromatic heterocycles. The summed E-state index contributed by atoms with van der Waals surface area (Å²) >= 11 is 11.0. The van der Waals surface area contributed by atoms with E-state index in [0.717, 1.165) is 0 Å². The van der Waals surface area contributed by atoms with Crippen LogP contribution in [0.4, 0.5) is 16.2 Å². The lowest BCUT2D eigenvalue weighted by Gasteiger charge is -2.12. The monoisotopic (exact) mass is 392 g/mol. The first-order chi connectivity index (χ1) is 12.5. The fraction of sp³-hybridized carbons (Fsp3) is 0.118. The number of rotatable bonds is 4. The van der Waals surface area contributed by atoms with Gasteiger partial charge in [-0.25, -0.2) is 4.79 Å². The van der Waals surface area contributed by atoms with E-state index in [2.05, 4.69) is 21.5 Å². The van der Waals surface area contributed by atoms with E-state index in [-0.39, 0.29) is 11.7 Å². The number of hydrogen-bond acceptors (Lipinski definition) is 4. The molecular formula is C17H17ClN4O3S. The summed E-state index contributed by atoms with van der Waals surface area (Å²) in [5.41, 5.74) is 6.52. The van der Waals surface area contributed by atoms with Gasteiger partial charge in [0.15, 0.2) is 5.11 Å². The molecule has 0 saturated carbocycles. The summed E-state index contributed by atoms with van der Waals surface area (Å²) in [5, 5.41) is 6.18. The molecule has 2 amide bonds. The normalized spacial score (nSPS) is 9.77. The molecule has 0 aliphatic heterocycles. The van der Waals surface area contributed by atoms with Gasteiger partial charge in [0.2, 0.25) is 0 Å². The molecule has 7 nitrogen and oxygen atoms in total. The van der Waals surface area contributed by atoms with E-state index in [0.29, 0.717) is 22.0 Å². The number of hydrogen-bond donors (Lipinski definition) is 4. The van der Waals surface area contributed by atoms with Crippen molar-refractivity contribution in [2.45, 2.75) is 6.92 Å². The Morgan fingerprint density at radius 2 is 1.73 bits per heavy atom. The van der Waals surface area contributed by atoms with Crippen molar-refractivity contribution in [3.8, 4) is 0 Å². The fourth-order valence-electron chi connectivity index (χ4n) is 1.94. The molecular weight excluding hydrogens is 376 g/mol. The molecule has 26 heavy (non-hydrogen) atoms. The van der Waals surface area contributed by atoms with E-state index in [1.165, 1.54) is 6.07 Å². The zero-order chi connectivity index (χ0) is 18.9. The smallest absolute Gasteiger partial charge is 0.411 e. The Kier molecular flexibility index (Phi) is 7.19. The Morgan fingerprint density at radius 3 is 2.42 bits per heavy atom. The lowest BCUT2D eigenvalue weighted by molar-refractivity contribution is 0.0944. The Labute approximate surface area is 161 Å². The molecule has 4 N–H and O–H groups in total. The van der Waals surface area contributed by atoms with Gasteiger partial charge in [0.1, 0.15) is 0 Å². The molecule has 2 aromatic carbocycles. The molecule has 0 radical (unpaired) electrons. The number of nitrogens with one attached hydrogen (secondary N) is 4. The Morgan fingerprint density at radius 1 is 1.04 bits per heavy atom. The van der Waals surface area contributed by atoms with Gasteiger partial charge < -0.3 is 10.1 Å². The van der Waals surface area contributed by atoms with Crippen LogP contribution in [0.3, 0.4) is 0 Å². The second kappa shape index (κ2) is 9.59. The van der Waals surface area contributed by atoms with E-state index >= 15 is 0 Å². The molecule has 0 saturated heterocycles. The number of thiocarbonyl (C=S) groups is 1. The predicted molar refractivity (Wildman–Crippen MR) is 105 cm³/mol. The van der Waals surface area contributed by atoms with Crippen LogP contribution in [-0.4, -0.2) is 23.7 Å². The Bertz CT molecular complexity index is 816. The summed E-state index contributed by atoms with van der Waals surface area (Å²) in [5.74, 6) is -0.423. The van der Waals surface area contributed by atoms with Crippen LogP contribution in [0, 0.1) is 0 Å². The first kappa shape index (κ1) is 19.5. The van der Waals surface area contributed by atoms with Crippen molar-refractivity contribution in [2.24, 2.45) is 0 Å².